The average Bonchev–Trinajstić information content (AvgIpc) is 2.89. The Bertz CT molecular complexity index is 948. The summed E-state index contributed by atoms with van der Waals surface area (Å²) < 4.78 is 11.4. The van der Waals surface area contributed by atoms with Crippen LogP contribution >= 0.6 is 0 Å². The van der Waals surface area contributed by atoms with Gasteiger partial charge in [-0.05, 0) is 37.1 Å². The minimum Gasteiger partial charge on any atom is -0.491 e. The quantitative estimate of drug-likeness (QED) is 0.689. The molecule has 1 aromatic heterocycles. The van der Waals surface area contributed by atoms with Crippen molar-refractivity contribution in [2.45, 2.75) is 18.3 Å². The van der Waals surface area contributed by atoms with Crippen LogP contribution in [0.1, 0.15) is 28.9 Å². The zero-order valence-electron chi connectivity index (χ0n) is 19.2. The van der Waals surface area contributed by atoms with Crippen LogP contribution in [0.3, 0.4) is 0 Å². The molecule has 1 N–H and O–H groups in total. The maximum absolute atomic E-state index is 13.6. The number of morpholine rings is 1. The van der Waals surface area contributed by atoms with E-state index in [4.69, 9.17) is 9.47 Å². The van der Waals surface area contributed by atoms with Crippen molar-refractivity contribution in [2.75, 3.05) is 59.6 Å². The molecule has 2 saturated heterocycles. The molecule has 2 amide bonds. The molecule has 2 aliphatic rings. The number of benzene rings is 1. The van der Waals surface area contributed by atoms with Gasteiger partial charge in [-0.3, -0.25) is 19.5 Å². The number of piperidine rings is 1. The maximum Gasteiger partial charge on any atom is 0.257 e. The molecule has 8 heteroatoms. The molecule has 0 saturated carbocycles. The number of ether oxygens (including phenoxy) is 2. The molecule has 33 heavy (non-hydrogen) atoms. The topological polar surface area (TPSA) is 84.0 Å². The van der Waals surface area contributed by atoms with E-state index in [-0.39, 0.29) is 18.4 Å². The number of hydrogen-bond donors (Lipinski definition) is 1. The van der Waals surface area contributed by atoms with Gasteiger partial charge in [0.1, 0.15) is 17.8 Å². The molecular weight excluding hydrogens is 420 g/mol. The maximum atomic E-state index is 13.6. The van der Waals surface area contributed by atoms with Gasteiger partial charge in [-0.2, -0.15) is 0 Å². The summed E-state index contributed by atoms with van der Waals surface area (Å²) >= 11 is 0. The second-order valence-electron chi connectivity index (χ2n) is 8.51. The number of nitrogens with one attached hydrogen (secondary N) is 1. The van der Waals surface area contributed by atoms with E-state index >= 15 is 0 Å². The lowest BCUT2D eigenvalue weighted by Gasteiger charge is -2.41. The molecule has 2 aromatic rings. The summed E-state index contributed by atoms with van der Waals surface area (Å²) in [6.07, 6.45) is 3.05. The summed E-state index contributed by atoms with van der Waals surface area (Å²) in [7, 11) is 1.63. The number of nitrogens with zero attached hydrogens (tertiary/aromatic N) is 3. The van der Waals surface area contributed by atoms with Crippen molar-refractivity contribution >= 4 is 11.8 Å². The minimum atomic E-state index is -0.865. The molecule has 0 aliphatic carbocycles. The zero-order valence-corrected chi connectivity index (χ0v) is 19.2. The van der Waals surface area contributed by atoms with Crippen LogP contribution in [0, 0.1) is 0 Å². The molecular formula is C25H32N4O4. The minimum absolute atomic E-state index is 0.117. The molecule has 3 heterocycles. The van der Waals surface area contributed by atoms with Crippen LogP contribution in [0.2, 0.25) is 0 Å². The van der Waals surface area contributed by atoms with Gasteiger partial charge in [0.15, 0.2) is 0 Å². The summed E-state index contributed by atoms with van der Waals surface area (Å²) in [6.45, 7) is 5.44. The Morgan fingerprint density at radius 3 is 2.67 bits per heavy atom. The van der Waals surface area contributed by atoms with Crippen molar-refractivity contribution in [3.05, 3.63) is 59.9 Å². The molecule has 176 valence electrons. The number of rotatable bonds is 7. The summed E-state index contributed by atoms with van der Waals surface area (Å²) in [5.41, 5.74) is 0.348. The zero-order chi connectivity index (χ0) is 23.1. The van der Waals surface area contributed by atoms with E-state index in [9.17, 15) is 9.59 Å². The van der Waals surface area contributed by atoms with Crippen LogP contribution < -0.4 is 10.1 Å². The molecule has 2 fully saturated rings. The number of likely N-dealkylation sites (tertiary alicyclic amines) is 1. The van der Waals surface area contributed by atoms with E-state index in [0.29, 0.717) is 36.6 Å². The summed E-state index contributed by atoms with van der Waals surface area (Å²) in [5.74, 6) is 0.333. The first-order valence-corrected chi connectivity index (χ1v) is 11.6. The summed E-state index contributed by atoms with van der Waals surface area (Å²) in [6, 6.07) is 12.9. The van der Waals surface area contributed by atoms with Crippen molar-refractivity contribution in [3.63, 3.8) is 0 Å². The Labute approximate surface area is 194 Å². The molecule has 4 rings (SSSR count). The average molecular weight is 453 g/mol. The van der Waals surface area contributed by atoms with Crippen molar-refractivity contribution in [1.29, 1.82) is 0 Å². The number of likely N-dealkylation sites (N-methyl/N-ethyl adjacent to an activating group) is 1. The monoisotopic (exact) mass is 452 g/mol. The van der Waals surface area contributed by atoms with Gasteiger partial charge < -0.3 is 19.7 Å². The third-order valence-corrected chi connectivity index (χ3v) is 6.48. The first kappa shape index (κ1) is 23.2. The molecule has 1 atom stereocenters. The SMILES string of the molecule is CNC(=O)[C@@]1(c2ccccn2)CCCN(C(=O)c2ccccc2OCCN2CCOCC2)C1. The molecule has 2 aliphatic heterocycles. The first-order valence-electron chi connectivity index (χ1n) is 11.6. The van der Waals surface area contributed by atoms with Gasteiger partial charge >= 0.3 is 0 Å². The van der Waals surface area contributed by atoms with Crippen molar-refractivity contribution in [3.8, 4) is 5.75 Å². The van der Waals surface area contributed by atoms with Crippen LogP contribution in [0.25, 0.3) is 0 Å². The van der Waals surface area contributed by atoms with Gasteiger partial charge in [0, 0.05) is 46.0 Å². The fourth-order valence-corrected chi connectivity index (χ4v) is 4.67. The standard InChI is InChI=1S/C25H32N4O4/c1-26-24(31)25(22-9-4-5-11-27-22)10-6-12-29(19-25)23(30)20-7-2-3-8-21(20)33-18-15-28-13-16-32-17-14-28/h2-5,7-9,11H,6,10,12-19H2,1H3,(H,26,31)/t25-/m0/s1. The van der Waals surface area contributed by atoms with Crippen molar-refractivity contribution in [1.82, 2.24) is 20.1 Å². The third kappa shape index (κ3) is 5.17. The van der Waals surface area contributed by atoms with Crippen molar-refractivity contribution < 1.29 is 19.1 Å². The summed E-state index contributed by atoms with van der Waals surface area (Å²) in [5, 5.41) is 2.79. The molecule has 0 unspecified atom stereocenters. The number of amides is 2. The Balaban J connectivity index is 1.50. The Morgan fingerprint density at radius 2 is 1.91 bits per heavy atom. The van der Waals surface area contributed by atoms with Crippen LogP contribution in [0.15, 0.2) is 48.7 Å². The summed E-state index contributed by atoms with van der Waals surface area (Å²) in [4.78, 5) is 35.1. The number of para-hydroxylation sites is 1. The fourth-order valence-electron chi connectivity index (χ4n) is 4.67. The van der Waals surface area contributed by atoms with E-state index in [0.717, 1.165) is 39.3 Å². The van der Waals surface area contributed by atoms with E-state index in [1.165, 1.54) is 0 Å². The first-order chi connectivity index (χ1) is 16.1. The molecule has 0 bridgehead atoms. The Morgan fingerprint density at radius 1 is 1.12 bits per heavy atom. The third-order valence-electron chi connectivity index (χ3n) is 6.48. The highest BCUT2D eigenvalue weighted by Gasteiger charge is 2.45. The van der Waals surface area contributed by atoms with Crippen LogP contribution in [-0.4, -0.2) is 86.2 Å². The number of carbonyl (C=O) groups excluding carboxylic acids is 2. The predicted molar refractivity (Wildman–Crippen MR) is 124 cm³/mol. The van der Waals surface area contributed by atoms with Crippen molar-refractivity contribution in [2.24, 2.45) is 0 Å². The Kier molecular flexibility index (Phi) is 7.57. The van der Waals surface area contributed by atoms with Gasteiger partial charge in [-0.25, -0.2) is 0 Å². The van der Waals surface area contributed by atoms with Crippen LogP contribution in [0.4, 0.5) is 0 Å². The molecule has 0 spiro atoms. The van der Waals surface area contributed by atoms with Crippen LogP contribution in [0.5, 0.6) is 5.75 Å². The Hall–Kier alpha value is -2.97. The second-order valence-corrected chi connectivity index (χ2v) is 8.51. The highest BCUT2D eigenvalue weighted by molar-refractivity contribution is 5.98. The van der Waals surface area contributed by atoms with E-state index in [1.54, 1.807) is 24.2 Å². The fraction of sp³-hybridized carbons (Fsp3) is 0.480. The lowest BCUT2D eigenvalue weighted by atomic mass is 9.75. The second kappa shape index (κ2) is 10.8. The lowest BCUT2D eigenvalue weighted by molar-refractivity contribution is -0.128. The molecule has 1 aromatic carbocycles. The lowest BCUT2D eigenvalue weighted by Crippen LogP contribution is -2.56. The predicted octanol–water partition coefficient (Wildman–Crippen LogP) is 1.71. The van der Waals surface area contributed by atoms with Gasteiger partial charge in [0.25, 0.3) is 5.91 Å². The van der Waals surface area contributed by atoms with Gasteiger partial charge in [0.2, 0.25) is 5.91 Å². The largest absolute Gasteiger partial charge is 0.491 e. The van der Waals surface area contributed by atoms with Crippen LogP contribution in [-0.2, 0) is 14.9 Å². The van der Waals surface area contributed by atoms with Gasteiger partial charge in [0.05, 0.1) is 24.5 Å². The van der Waals surface area contributed by atoms with E-state index in [1.807, 2.05) is 36.4 Å². The highest BCUT2D eigenvalue weighted by Crippen LogP contribution is 2.34. The van der Waals surface area contributed by atoms with E-state index < -0.39 is 5.41 Å². The number of pyridine rings is 1. The molecule has 8 nitrogen and oxygen atoms in total. The van der Waals surface area contributed by atoms with Gasteiger partial charge in [-0.15, -0.1) is 0 Å². The number of hydrogen-bond acceptors (Lipinski definition) is 6. The molecule has 0 radical (unpaired) electrons. The smallest absolute Gasteiger partial charge is 0.257 e. The number of aromatic nitrogens is 1. The van der Waals surface area contributed by atoms with E-state index in [2.05, 4.69) is 15.2 Å². The van der Waals surface area contributed by atoms with Gasteiger partial charge in [-0.1, -0.05) is 18.2 Å². The normalized spacial score (nSPS) is 21.4. The number of carbonyl (C=O) groups is 2. The highest BCUT2D eigenvalue weighted by atomic mass is 16.5.